The van der Waals surface area contributed by atoms with Gasteiger partial charge in [0.2, 0.25) is 0 Å². The van der Waals surface area contributed by atoms with E-state index in [4.69, 9.17) is 11.6 Å². The number of carbonyl (C=O) groups excluding carboxylic acids is 1. The van der Waals surface area contributed by atoms with Gasteiger partial charge in [-0.05, 0) is 17.7 Å². The van der Waals surface area contributed by atoms with Gasteiger partial charge in [0.25, 0.3) is 0 Å². The second-order valence-electron chi connectivity index (χ2n) is 5.44. The lowest BCUT2D eigenvalue weighted by Crippen LogP contribution is -2.47. The van der Waals surface area contributed by atoms with Crippen molar-refractivity contribution in [3.63, 3.8) is 0 Å². The molecule has 3 rings (SSSR count). The van der Waals surface area contributed by atoms with Crippen molar-refractivity contribution in [2.24, 2.45) is 0 Å². The minimum absolute atomic E-state index is 0.200. The highest BCUT2D eigenvalue weighted by Gasteiger charge is 2.44. The molecule has 2 amide bonds. The van der Waals surface area contributed by atoms with Gasteiger partial charge in [0, 0.05) is 23.0 Å². The van der Waals surface area contributed by atoms with Crippen molar-refractivity contribution >= 4 is 34.8 Å². The number of anilines is 1. The van der Waals surface area contributed by atoms with E-state index in [9.17, 15) is 18.0 Å². The Hall–Kier alpha value is -2.32. The number of thiazole rings is 1. The molecule has 2 heterocycles. The highest BCUT2D eigenvalue weighted by molar-refractivity contribution is 7.10. The number of rotatable bonds is 3. The Morgan fingerprint density at radius 1 is 1.31 bits per heavy atom. The van der Waals surface area contributed by atoms with Gasteiger partial charge in [-0.15, -0.1) is 11.3 Å². The molecule has 0 bridgehead atoms. The summed E-state index contributed by atoms with van der Waals surface area (Å²) >= 11 is 7.40. The van der Waals surface area contributed by atoms with Gasteiger partial charge in [-0.2, -0.15) is 13.2 Å². The largest absolute Gasteiger partial charge is 0.412 e. The fraction of sp³-hybridized carbons (Fsp3) is 0.176. The van der Waals surface area contributed by atoms with Crippen molar-refractivity contribution in [1.29, 1.82) is 0 Å². The van der Waals surface area contributed by atoms with E-state index in [1.54, 1.807) is 11.4 Å². The highest BCUT2D eigenvalue weighted by atomic mass is 35.5. The normalized spacial score (nSPS) is 16.8. The molecule has 1 aliphatic heterocycles. The monoisotopic (exact) mass is 399 g/mol. The van der Waals surface area contributed by atoms with E-state index in [2.05, 4.69) is 10.3 Å². The van der Waals surface area contributed by atoms with Gasteiger partial charge in [0.1, 0.15) is 5.82 Å². The molecule has 1 N–H and O–H groups in total. The van der Waals surface area contributed by atoms with E-state index >= 15 is 0 Å². The van der Waals surface area contributed by atoms with Gasteiger partial charge >= 0.3 is 12.2 Å². The molecule has 0 saturated heterocycles. The smallest absolute Gasteiger partial charge is 0.291 e. The number of aromatic nitrogens is 1. The van der Waals surface area contributed by atoms with Gasteiger partial charge in [0.05, 0.1) is 5.01 Å². The third kappa shape index (κ3) is 4.25. The maximum absolute atomic E-state index is 13.0. The lowest BCUT2D eigenvalue weighted by atomic mass is 10.2. The summed E-state index contributed by atoms with van der Waals surface area (Å²) in [5.74, 6) is 0.200. The molecular weight excluding hydrogens is 387 g/mol. The number of hydrogen-bond acceptors (Lipinski definition) is 3. The van der Waals surface area contributed by atoms with Crippen molar-refractivity contribution in [3.8, 4) is 0 Å². The molecule has 136 valence electrons. The predicted octanol–water partition coefficient (Wildman–Crippen LogP) is 5.24. The minimum atomic E-state index is -4.56. The van der Waals surface area contributed by atoms with Crippen LogP contribution in [0.15, 0.2) is 54.1 Å². The van der Waals surface area contributed by atoms with Gasteiger partial charge in [0.15, 0.2) is 6.04 Å². The number of halogens is 4. The molecule has 1 aromatic carbocycles. The number of alkyl halides is 3. The minimum Gasteiger partial charge on any atom is -0.291 e. The first-order valence-corrected chi connectivity index (χ1v) is 8.79. The number of allylic oxidation sites excluding steroid dienone is 2. The van der Waals surface area contributed by atoms with Crippen LogP contribution in [0.5, 0.6) is 0 Å². The molecule has 1 unspecified atom stereocenters. The average Bonchev–Trinajstić information content (AvgIpc) is 3.03. The quantitative estimate of drug-likeness (QED) is 0.767. The van der Waals surface area contributed by atoms with E-state index in [1.807, 2.05) is 18.2 Å². The van der Waals surface area contributed by atoms with Crippen LogP contribution in [0.3, 0.4) is 0 Å². The van der Waals surface area contributed by atoms with Crippen LogP contribution >= 0.6 is 22.9 Å². The summed E-state index contributed by atoms with van der Waals surface area (Å²) in [6.07, 6.45) is 0.541. The first kappa shape index (κ1) is 18.5. The summed E-state index contributed by atoms with van der Waals surface area (Å²) in [4.78, 5) is 17.1. The Morgan fingerprint density at radius 3 is 2.81 bits per heavy atom. The zero-order valence-electron chi connectivity index (χ0n) is 13.2. The average molecular weight is 400 g/mol. The molecule has 26 heavy (non-hydrogen) atoms. The van der Waals surface area contributed by atoms with Crippen LogP contribution in [0.2, 0.25) is 5.02 Å². The summed E-state index contributed by atoms with van der Waals surface area (Å²) in [6.45, 7) is 0. The molecule has 0 saturated carbocycles. The second-order valence-corrected chi connectivity index (χ2v) is 6.79. The summed E-state index contributed by atoms with van der Waals surface area (Å²) in [6, 6.07) is 4.39. The molecule has 1 aromatic heterocycles. The number of amides is 2. The van der Waals surface area contributed by atoms with Crippen LogP contribution in [0.1, 0.15) is 10.6 Å². The predicted molar refractivity (Wildman–Crippen MR) is 95.4 cm³/mol. The first-order valence-electron chi connectivity index (χ1n) is 7.53. The maximum Gasteiger partial charge on any atom is 0.412 e. The number of benzene rings is 1. The van der Waals surface area contributed by atoms with Crippen molar-refractivity contribution in [2.75, 3.05) is 5.32 Å². The Labute approximate surface area is 156 Å². The zero-order valence-corrected chi connectivity index (χ0v) is 14.8. The summed E-state index contributed by atoms with van der Waals surface area (Å²) in [5.41, 5.74) is 0.877. The summed E-state index contributed by atoms with van der Waals surface area (Å²) in [5, 5.41) is 5.28. The van der Waals surface area contributed by atoms with Crippen LogP contribution < -0.4 is 5.32 Å². The summed E-state index contributed by atoms with van der Waals surface area (Å²) in [7, 11) is 0. The van der Waals surface area contributed by atoms with Gasteiger partial charge in [-0.25, -0.2) is 9.78 Å². The van der Waals surface area contributed by atoms with Crippen LogP contribution in [0.25, 0.3) is 0 Å². The van der Waals surface area contributed by atoms with Gasteiger partial charge < -0.3 is 0 Å². The third-order valence-electron chi connectivity index (χ3n) is 3.61. The van der Waals surface area contributed by atoms with Crippen LogP contribution in [0.4, 0.5) is 23.8 Å². The Balaban J connectivity index is 1.69. The summed E-state index contributed by atoms with van der Waals surface area (Å²) < 4.78 is 39.1. The lowest BCUT2D eigenvalue weighted by molar-refractivity contribution is -0.157. The van der Waals surface area contributed by atoms with Crippen molar-refractivity contribution in [3.05, 3.63) is 69.7 Å². The van der Waals surface area contributed by atoms with Crippen LogP contribution in [0, 0.1) is 0 Å². The SMILES string of the molecule is O=C(Nc1csc(Cc2ccccc2Cl)n1)N1C=CC=CC1C(F)(F)F. The zero-order chi connectivity index (χ0) is 18.7. The number of urea groups is 1. The lowest BCUT2D eigenvalue weighted by Gasteiger charge is -2.29. The third-order valence-corrected chi connectivity index (χ3v) is 4.82. The van der Waals surface area contributed by atoms with E-state index in [0.717, 1.165) is 17.8 Å². The first-order chi connectivity index (χ1) is 12.3. The molecule has 0 fully saturated rings. The van der Waals surface area contributed by atoms with E-state index in [0.29, 0.717) is 21.4 Å². The Kier molecular flexibility index (Phi) is 5.33. The number of hydrogen-bond donors (Lipinski definition) is 1. The van der Waals surface area contributed by atoms with Crippen molar-refractivity contribution in [1.82, 2.24) is 9.88 Å². The molecule has 0 spiro atoms. The molecule has 2 aromatic rings. The molecule has 0 radical (unpaired) electrons. The maximum atomic E-state index is 13.0. The number of carbonyl (C=O) groups is 1. The van der Waals surface area contributed by atoms with Crippen molar-refractivity contribution < 1.29 is 18.0 Å². The highest BCUT2D eigenvalue weighted by Crippen LogP contribution is 2.29. The van der Waals surface area contributed by atoms with Gasteiger partial charge in [-0.1, -0.05) is 42.0 Å². The fourth-order valence-corrected chi connectivity index (χ4v) is 3.34. The van der Waals surface area contributed by atoms with Crippen LogP contribution in [-0.4, -0.2) is 28.1 Å². The molecule has 4 nitrogen and oxygen atoms in total. The molecule has 1 aliphatic rings. The Morgan fingerprint density at radius 2 is 2.08 bits per heavy atom. The van der Waals surface area contributed by atoms with Crippen LogP contribution in [-0.2, 0) is 6.42 Å². The standard InChI is InChI=1S/C17H13ClF3N3OS/c18-12-6-2-1-5-11(12)9-15-22-14(10-26-15)23-16(25)24-8-4-3-7-13(24)17(19,20)21/h1-8,10,13H,9H2,(H,23,25). The number of nitrogens with one attached hydrogen (secondary N) is 1. The van der Waals surface area contributed by atoms with E-state index in [-0.39, 0.29) is 5.82 Å². The Bertz CT molecular complexity index is 863. The topological polar surface area (TPSA) is 45.2 Å². The van der Waals surface area contributed by atoms with Gasteiger partial charge in [-0.3, -0.25) is 10.2 Å². The fourth-order valence-electron chi connectivity index (χ4n) is 2.39. The molecule has 9 heteroatoms. The number of nitrogens with zero attached hydrogens (tertiary/aromatic N) is 2. The van der Waals surface area contributed by atoms with Crippen molar-refractivity contribution in [2.45, 2.75) is 18.6 Å². The molecular formula is C17H13ClF3N3OS. The molecule has 1 atom stereocenters. The van der Waals surface area contributed by atoms with E-state index in [1.165, 1.54) is 23.5 Å². The second kappa shape index (κ2) is 7.51. The molecule has 0 aliphatic carbocycles. The van der Waals surface area contributed by atoms with E-state index < -0.39 is 18.2 Å².